The van der Waals surface area contributed by atoms with Gasteiger partial charge in [-0.25, -0.2) is 9.18 Å². The molecule has 104 valence electrons. The predicted molar refractivity (Wildman–Crippen MR) is 69.7 cm³/mol. The Morgan fingerprint density at radius 3 is 2.47 bits per heavy atom. The van der Waals surface area contributed by atoms with Crippen LogP contribution in [0.5, 0.6) is 0 Å². The number of carboxylic acid groups (broad SMARTS) is 1. The Bertz CT molecular complexity index is 434. The van der Waals surface area contributed by atoms with Crippen LogP contribution in [0.25, 0.3) is 0 Å². The first kappa shape index (κ1) is 14.9. The van der Waals surface area contributed by atoms with E-state index in [-0.39, 0.29) is 18.3 Å². The molecule has 0 saturated carbocycles. The number of urea groups is 1. The fraction of sp³-hybridized carbons (Fsp3) is 0.385. The number of carboxylic acids is 1. The van der Waals surface area contributed by atoms with Gasteiger partial charge in [0.25, 0.3) is 0 Å². The number of anilines is 1. The summed E-state index contributed by atoms with van der Waals surface area (Å²) in [7, 11) is 0. The average molecular weight is 268 g/mol. The van der Waals surface area contributed by atoms with E-state index < -0.39 is 5.97 Å². The molecule has 5 nitrogen and oxygen atoms in total. The molecule has 0 heterocycles. The van der Waals surface area contributed by atoms with E-state index in [0.717, 1.165) is 0 Å². The summed E-state index contributed by atoms with van der Waals surface area (Å²) in [5.41, 5.74) is 0.597. The molecule has 0 fully saturated rings. The summed E-state index contributed by atoms with van der Waals surface area (Å²) in [5, 5.41) is 11.1. The molecule has 0 aromatic heterocycles. The van der Waals surface area contributed by atoms with Gasteiger partial charge in [0.1, 0.15) is 5.82 Å². The smallest absolute Gasteiger partial charge is 0.321 e. The quantitative estimate of drug-likeness (QED) is 0.777. The van der Waals surface area contributed by atoms with E-state index in [9.17, 15) is 14.0 Å². The number of benzene rings is 1. The van der Waals surface area contributed by atoms with Crippen LogP contribution in [0, 0.1) is 5.82 Å². The number of aliphatic carboxylic acids is 1. The number of rotatable bonds is 6. The maximum absolute atomic E-state index is 12.8. The van der Waals surface area contributed by atoms with Crippen molar-refractivity contribution in [3.8, 4) is 0 Å². The first-order chi connectivity index (χ1) is 9.04. The van der Waals surface area contributed by atoms with E-state index in [1.54, 1.807) is 6.92 Å². The van der Waals surface area contributed by atoms with Crippen molar-refractivity contribution in [2.24, 2.45) is 0 Å². The fourth-order valence-electron chi connectivity index (χ4n) is 1.59. The normalized spacial score (nSPS) is 10.0. The number of hydrogen-bond acceptors (Lipinski definition) is 2. The molecule has 2 N–H and O–H groups in total. The molecule has 0 aliphatic heterocycles. The minimum absolute atomic E-state index is 0.0168. The zero-order valence-electron chi connectivity index (χ0n) is 10.7. The molecule has 0 unspecified atom stereocenters. The maximum atomic E-state index is 12.8. The zero-order valence-corrected chi connectivity index (χ0v) is 10.7. The highest BCUT2D eigenvalue weighted by Gasteiger charge is 2.13. The van der Waals surface area contributed by atoms with Crippen molar-refractivity contribution in [2.75, 3.05) is 18.0 Å². The van der Waals surface area contributed by atoms with Crippen molar-refractivity contribution in [1.29, 1.82) is 0 Å². The highest BCUT2D eigenvalue weighted by Crippen LogP contribution is 2.14. The lowest BCUT2D eigenvalue weighted by Gasteiger charge is -2.21. The van der Waals surface area contributed by atoms with Crippen molar-refractivity contribution in [3.63, 3.8) is 0 Å². The Morgan fingerprint density at radius 1 is 1.32 bits per heavy atom. The molecule has 1 aromatic rings. The van der Waals surface area contributed by atoms with Gasteiger partial charge in [0.15, 0.2) is 0 Å². The van der Waals surface area contributed by atoms with Crippen LogP contribution in [0.3, 0.4) is 0 Å². The molecule has 0 aliphatic rings. The van der Waals surface area contributed by atoms with Crippen LogP contribution in [0.1, 0.15) is 19.8 Å². The standard InChI is InChI=1S/C13H17FN2O3/c1-2-16(11-7-5-10(14)6-8-11)13(19)15-9-3-4-12(17)18/h5-8H,2-4,9H2,1H3,(H,15,19)(H,17,18). The topological polar surface area (TPSA) is 69.6 Å². The summed E-state index contributed by atoms with van der Waals surface area (Å²) in [6.07, 6.45) is 0.394. The summed E-state index contributed by atoms with van der Waals surface area (Å²) in [6.45, 7) is 2.54. The summed E-state index contributed by atoms with van der Waals surface area (Å²) < 4.78 is 12.8. The molecule has 2 amide bonds. The highest BCUT2D eigenvalue weighted by molar-refractivity contribution is 5.91. The van der Waals surface area contributed by atoms with Gasteiger partial charge in [-0.3, -0.25) is 9.69 Å². The van der Waals surface area contributed by atoms with Gasteiger partial charge in [-0.1, -0.05) is 0 Å². The Kier molecular flexibility index (Phi) is 5.78. The van der Waals surface area contributed by atoms with E-state index in [2.05, 4.69) is 5.32 Å². The van der Waals surface area contributed by atoms with Crippen molar-refractivity contribution in [3.05, 3.63) is 30.1 Å². The Hall–Kier alpha value is -2.11. The summed E-state index contributed by atoms with van der Waals surface area (Å²) in [6, 6.07) is 5.30. The number of hydrogen-bond donors (Lipinski definition) is 2. The first-order valence-electron chi connectivity index (χ1n) is 6.07. The predicted octanol–water partition coefficient (Wildman–Crippen LogP) is 2.23. The largest absolute Gasteiger partial charge is 0.481 e. The van der Waals surface area contributed by atoms with Gasteiger partial charge in [-0.05, 0) is 37.6 Å². The van der Waals surface area contributed by atoms with Gasteiger partial charge >= 0.3 is 12.0 Å². The van der Waals surface area contributed by atoms with Crippen LogP contribution in [-0.2, 0) is 4.79 Å². The third kappa shape index (κ3) is 4.95. The lowest BCUT2D eigenvalue weighted by Crippen LogP contribution is -2.40. The maximum Gasteiger partial charge on any atom is 0.321 e. The van der Waals surface area contributed by atoms with Crippen molar-refractivity contribution >= 4 is 17.7 Å². The van der Waals surface area contributed by atoms with Crippen LogP contribution in [-0.4, -0.2) is 30.2 Å². The number of amides is 2. The number of nitrogens with zero attached hydrogens (tertiary/aromatic N) is 1. The third-order valence-electron chi connectivity index (χ3n) is 2.54. The number of carbonyl (C=O) groups is 2. The lowest BCUT2D eigenvalue weighted by atomic mass is 10.3. The minimum atomic E-state index is -0.889. The Labute approximate surface area is 111 Å². The number of halogens is 1. The first-order valence-corrected chi connectivity index (χ1v) is 6.07. The molecule has 0 saturated heterocycles. The van der Waals surface area contributed by atoms with Crippen molar-refractivity contribution < 1.29 is 19.1 Å². The van der Waals surface area contributed by atoms with E-state index in [1.165, 1.54) is 29.2 Å². The Balaban J connectivity index is 2.52. The van der Waals surface area contributed by atoms with E-state index in [0.29, 0.717) is 25.2 Å². The molecule has 1 aromatic carbocycles. The molecule has 0 spiro atoms. The second-order valence-electron chi connectivity index (χ2n) is 3.95. The van der Waals surface area contributed by atoms with Crippen LogP contribution >= 0.6 is 0 Å². The lowest BCUT2D eigenvalue weighted by molar-refractivity contribution is -0.137. The molecular formula is C13H17FN2O3. The SMILES string of the molecule is CCN(C(=O)NCCCC(=O)O)c1ccc(F)cc1. The summed E-state index contributed by atoms with van der Waals surface area (Å²) >= 11 is 0. The van der Waals surface area contributed by atoms with E-state index >= 15 is 0 Å². The number of nitrogens with one attached hydrogen (secondary N) is 1. The van der Waals surface area contributed by atoms with E-state index in [4.69, 9.17) is 5.11 Å². The molecule has 0 bridgehead atoms. The van der Waals surface area contributed by atoms with Crippen LogP contribution in [0.15, 0.2) is 24.3 Å². The van der Waals surface area contributed by atoms with E-state index in [1.807, 2.05) is 0 Å². The minimum Gasteiger partial charge on any atom is -0.481 e. The van der Waals surface area contributed by atoms with Gasteiger partial charge < -0.3 is 10.4 Å². The average Bonchev–Trinajstić information content (AvgIpc) is 2.37. The molecular weight excluding hydrogens is 251 g/mol. The zero-order chi connectivity index (χ0) is 14.3. The third-order valence-corrected chi connectivity index (χ3v) is 2.54. The molecule has 0 aliphatic carbocycles. The Morgan fingerprint density at radius 2 is 1.95 bits per heavy atom. The van der Waals surface area contributed by atoms with Crippen LogP contribution in [0.2, 0.25) is 0 Å². The second kappa shape index (κ2) is 7.35. The number of carbonyl (C=O) groups excluding carboxylic acids is 1. The van der Waals surface area contributed by atoms with Gasteiger partial charge in [0.05, 0.1) is 0 Å². The highest BCUT2D eigenvalue weighted by atomic mass is 19.1. The van der Waals surface area contributed by atoms with Crippen LogP contribution < -0.4 is 10.2 Å². The molecule has 0 atom stereocenters. The van der Waals surface area contributed by atoms with Crippen molar-refractivity contribution in [2.45, 2.75) is 19.8 Å². The van der Waals surface area contributed by atoms with Gasteiger partial charge in [-0.2, -0.15) is 0 Å². The monoisotopic (exact) mass is 268 g/mol. The molecule has 0 radical (unpaired) electrons. The second-order valence-corrected chi connectivity index (χ2v) is 3.95. The summed E-state index contributed by atoms with van der Waals surface area (Å²) in [4.78, 5) is 23.7. The molecule has 19 heavy (non-hydrogen) atoms. The molecule has 1 rings (SSSR count). The van der Waals surface area contributed by atoms with Crippen molar-refractivity contribution in [1.82, 2.24) is 5.32 Å². The molecule has 6 heteroatoms. The van der Waals surface area contributed by atoms with Crippen LogP contribution in [0.4, 0.5) is 14.9 Å². The van der Waals surface area contributed by atoms with Gasteiger partial charge in [0, 0.05) is 25.2 Å². The van der Waals surface area contributed by atoms with Gasteiger partial charge in [-0.15, -0.1) is 0 Å². The summed E-state index contributed by atoms with van der Waals surface area (Å²) in [5.74, 6) is -1.25. The fourth-order valence-corrected chi connectivity index (χ4v) is 1.59. The van der Waals surface area contributed by atoms with Gasteiger partial charge in [0.2, 0.25) is 0 Å².